The number of rotatable bonds is 5. The van der Waals surface area contributed by atoms with Crippen molar-refractivity contribution in [1.29, 1.82) is 0 Å². The minimum absolute atomic E-state index is 0. The minimum atomic E-state index is 0. The van der Waals surface area contributed by atoms with Crippen LogP contribution in [0.2, 0.25) is 0 Å². The van der Waals surface area contributed by atoms with E-state index in [0.717, 1.165) is 19.4 Å². The molecule has 1 aliphatic rings. The molecule has 0 atom stereocenters. The lowest BCUT2D eigenvalue weighted by atomic mass is 10.4. The molecule has 0 aliphatic heterocycles. The van der Waals surface area contributed by atoms with Gasteiger partial charge in [-0.25, -0.2) is 0 Å². The zero-order valence-corrected chi connectivity index (χ0v) is 14.0. The molecule has 0 unspecified atom stereocenters. The maximum atomic E-state index is 11.5. The lowest BCUT2D eigenvalue weighted by molar-refractivity contribution is -0.120. The van der Waals surface area contributed by atoms with Gasteiger partial charge < -0.3 is 16.0 Å². The molecule has 0 spiro atoms. The van der Waals surface area contributed by atoms with Crippen molar-refractivity contribution in [2.24, 2.45) is 4.99 Å². The summed E-state index contributed by atoms with van der Waals surface area (Å²) in [4.78, 5) is 16.8. The minimum Gasteiger partial charge on any atom is -0.352 e. The summed E-state index contributed by atoms with van der Waals surface area (Å²) in [5, 5.41) is 11.1. The number of halogens is 1. The van der Waals surface area contributed by atoms with Gasteiger partial charge in [0.2, 0.25) is 5.91 Å². The van der Waals surface area contributed by atoms with Crippen LogP contribution in [-0.4, -0.2) is 31.5 Å². The molecular formula is C12H19IN4OS. The SMILES string of the molecule is CN=C(NCC(=O)NC1CC1)NCc1cccs1.I. The largest absolute Gasteiger partial charge is 0.352 e. The van der Waals surface area contributed by atoms with Crippen molar-refractivity contribution in [2.45, 2.75) is 25.4 Å². The highest BCUT2D eigenvalue weighted by molar-refractivity contribution is 14.0. The van der Waals surface area contributed by atoms with Gasteiger partial charge in [-0.1, -0.05) is 6.07 Å². The Morgan fingerprint density at radius 3 is 2.84 bits per heavy atom. The Hall–Kier alpha value is -0.830. The third-order valence-corrected chi connectivity index (χ3v) is 3.47. The van der Waals surface area contributed by atoms with Gasteiger partial charge in [-0.15, -0.1) is 35.3 Å². The maximum Gasteiger partial charge on any atom is 0.239 e. The molecule has 3 N–H and O–H groups in total. The summed E-state index contributed by atoms with van der Waals surface area (Å²) in [6.45, 7) is 0.988. The van der Waals surface area contributed by atoms with E-state index in [1.54, 1.807) is 18.4 Å². The second-order valence-electron chi connectivity index (χ2n) is 4.20. The molecule has 5 nitrogen and oxygen atoms in total. The van der Waals surface area contributed by atoms with Crippen molar-refractivity contribution in [3.8, 4) is 0 Å². The molecule has 1 aliphatic carbocycles. The van der Waals surface area contributed by atoms with E-state index in [-0.39, 0.29) is 36.4 Å². The van der Waals surface area contributed by atoms with Crippen LogP contribution in [0, 0.1) is 0 Å². The fourth-order valence-electron chi connectivity index (χ4n) is 1.47. The smallest absolute Gasteiger partial charge is 0.239 e. The molecule has 0 bridgehead atoms. The summed E-state index contributed by atoms with van der Waals surface area (Å²) in [7, 11) is 1.70. The molecule has 0 saturated heterocycles. The third-order valence-electron chi connectivity index (χ3n) is 2.59. The summed E-state index contributed by atoms with van der Waals surface area (Å²) in [5.74, 6) is 0.672. The van der Waals surface area contributed by atoms with Gasteiger partial charge in [0, 0.05) is 18.0 Å². The molecule has 1 saturated carbocycles. The molecule has 1 fully saturated rings. The molecule has 7 heteroatoms. The van der Waals surface area contributed by atoms with E-state index in [0.29, 0.717) is 12.0 Å². The fourth-order valence-corrected chi connectivity index (χ4v) is 2.12. The normalized spacial score (nSPS) is 14.5. The average Bonchev–Trinajstić information content (AvgIpc) is 3.02. The lowest BCUT2D eigenvalue weighted by Crippen LogP contribution is -2.43. The number of amides is 1. The molecule has 1 heterocycles. The Kier molecular flexibility index (Phi) is 7.14. The topological polar surface area (TPSA) is 65.5 Å². The maximum absolute atomic E-state index is 11.5. The first-order valence-electron chi connectivity index (χ1n) is 6.04. The third kappa shape index (κ3) is 6.24. The molecule has 1 amide bonds. The number of hydrogen-bond acceptors (Lipinski definition) is 3. The first-order chi connectivity index (χ1) is 8.78. The molecule has 1 aromatic heterocycles. The summed E-state index contributed by atoms with van der Waals surface area (Å²) in [6, 6.07) is 4.48. The van der Waals surface area contributed by atoms with Crippen LogP contribution in [0.15, 0.2) is 22.5 Å². The fraction of sp³-hybridized carbons (Fsp3) is 0.500. The van der Waals surface area contributed by atoms with E-state index in [1.807, 2.05) is 11.4 Å². The quantitative estimate of drug-likeness (QED) is 0.401. The van der Waals surface area contributed by atoms with Crippen LogP contribution in [-0.2, 0) is 11.3 Å². The summed E-state index contributed by atoms with van der Waals surface area (Å²) in [6.07, 6.45) is 2.22. The van der Waals surface area contributed by atoms with Gasteiger partial charge >= 0.3 is 0 Å². The van der Waals surface area contributed by atoms with Crippen molar-refractivity contribution in [1.82, 2.24) is 16.0 Å². The van der Waals surface area contributed by atoms with Gasteiger partial charge in [0.1, 0.15) is 0 Å². The van der Waals surface area contributed by atoms with Crippen molar-refractivity contribution in [3.05, 3.63) is 22.4 Å². The van der Waals surface area contributed by atoms with Gasteiger partial charge in [0.05, 0.1) is 13.1 Å². The first kappa shape index (κ1) is 16.2. The second-order valence-corrected chi connectivity index (χ2v) is 5.23. The molecular weight excluding hydrogens is 375 g/mol. The van der Waals surface area contributed by atoms with Crippen LogP contribution < -0.4 is 16.0 Å². The van der Waals surface area contributed by atoms with Crippen molar-refractivity contribution in [3.63, 3.8) is 0 Å². The highest BCUT2D eigenvalue weighted by atomic mass is 127. The standard InChI is InChI=1S/C12H18N4OS.HI/c1-13-12(14-7-10-3-2-6-18-10)15-8-11(17)16-9-4-5-9;/h2-3,6,9H,4-5,7-8H2,1H3,(H,16,17)(H2,13,14,15);1H. The molecule has 0 radical (unpaired) electrons. The van der Waals surface area contributed by atoms with E-state index in [2.05, 4.69) is 27.0 Å². The highest BCUT2D eigenvalue weighted by Crippen LogP contribution is 2.18. The zero-order valence-electron chi connectivity index (χ0n) is 10.8. The van der Waals surface area contributed by atoms with Gasteiger partial charge in [-0.05, 0) is 24.3 Å². The van der Waals surface area contributed by atoms with E-state index < -0.39 is 0 Å². The number of hydrogen-bond donors (Lipinski definition) is 3. The van der Waals surface area contributed by atoms with Gasteiger partial charge in [0.25, 0.3) is 0 Å². The van der Waals surface area contributed by atoms with Gasteiger partial charge in [-0.3, -0.25) is 9.79 Å². The number of carbonyl (C=O) groups is 1. The first-order valence-corrected chi connectivity index (χ1v) is 6.92. The van der Waals surface area contributed by atoms with Crippen LogP contribution in [0.4, 0.5) is 0 Å². The molecule has 19 heavy (non-hydrogen) atoms. The predicted molar refractivity (Wildman–Crippen MR) is 89.1 cm³/mol. The van der Waals surface area contributed by atoms with Gasteiger partial charge in [-0.2, -0.15) is 0 Å². The molecule has 1 aromatic rings. The van der Waals surface area contributed by atoms with Crippen LogP contribution in [0.25, 0.3) is 0 Å². The van der Waals surface area contributed by atoms with Crippen molar-refractivity contribution >= 4 is 47.2 Å². The molecule has 0 aromatic carbocycles. The van der Waals surface area contributed by atoms with E-state index in [4.69, 9.17) is 0 Å². The lowest BCUT2D eigenvalue weighted by Gasteiger charge is -2.11. The highest BCUT2D eigenvalue weighted by Gasteiger charge is 2.22. The van der Waals surface area contributed by atoms with Crippen LogP contribution in [0.5, 0.6) is 0 Å². The molecule has 2 rings (SSSR count). The second kappa shape index (κ2) is 8.36. The Balaban J connectivity index is 0.00000180. The van der Waals surface area contributed by atoms with Crippen molar-refractivity contribution in [2.75, 3.05) is 13.6 Å². The Morgan fingerprint density at radius 2 is 2.26 bits per heavy atom. The monoisotopic (exact) mass is 394 g/mol. The van der Waals surface area contributed by atoms with Crippen LogP contribution in [0.3, 0.4) is 0 Å². The number of nitrogens with one attached hydrogen (secondary N) is 3. The predicted octanol–water partition coefficient (Wildman–Crippen LogP) is 1.31. The Labute approximate surface area is 134 Å². The van der Waals surface area contributed by atoms with Crippen molar-refractivity contribution < 1.29 is 4.79 Å². The summed E-state index contributed by atoms with van der Waals surface area (Å²) < 4.78 is 0. The number of aliphatic imine (C=N–C) groups is 1. The number of nitrogens with zero attached hydrogens (tertiary/aromatic N) is 1. The van der Waals surface area contributed by atoms with E-state index in [1.165, 1.54) is 4.88 Å². The van der Waals surface area contributed by atoms with Crippen LogP contribution in [0.1, 0.15) is 17.7 Å². The Morgan fingerprint density at radius 1 is 1.47 bits per heavy atom. The van der Waals surface area contributed by atoms with Crippen LogP contribution >= 0.6 is 35.3 Å². The number of thiophene rings is 1. The van der Waals surface area contributed by atoms with E-state index >= 15 is 0 Å². The number of guanidine groups is 1. The average molecular weight is 394 g/mol. The summed E-state index contributed by atoms with van der Waals surface area (Å²) in [5.41, 5.74) is 0. The molecule has 106 valence electrons. The Bertz CT molecular complexity index is 417. The van der Waals surface area contributed by atoms with Gasteiger partial charge in [0.15, 0.2) is 5.96 Å². The summed E-state index contributed by atoms with van der Waals surface area (Å²) >= 11 is 1.69. The number of carbonyl (C=O) groups excluding carboxylic acids is 1. The zero-order chi connectivity index (χ0) is 12.8. The van der Waals surface area contributed by atoms with E-state index in [9.17, 15) is 4.79 Å².